The fourth-order valence-corrected chi connectivity index (χ4v) is 2.45. The van der Waals surface area contributed by atoms with Crippen LogP contribution in [-0.4, -0.2) is 15.0 Å². The molecule has 4 N–H and O–H groups in total. The van der Waals surface area contributed by atoms with Crippen LogP contribution < -0.4 is 11.5 Å². The van der Waals surface area contributed by atoms with Crippen molar-refractivity contribution in [3.05, 3.63) is 53.2 Å². The Morgan fingerprint density at radius 2 is 1.55 bits per heavy atom. The molecule has 0 fully saturated rings. The molecule has 0 unspecified atom stereocenters. The van der Waals surface area contributed by atoms with E-state index in [1.165, 1.54) is 11.1 Å². The average Bonchev–Trinajstić information content (AvgIpc) is 2.53. The lowest BCUT2D eigenvalue weighted by Crippen LogP contribution is -2.03. The van der Waals surface area contributed by atoms with Crippen LogP contribution in [-0.2, 0) is 19.3 Å². The van der Waals surface area contributed by atoms with Crippen molar-refractivity contribution in [2.45, 2.75) is 26.2 Å². The Bertz CT molecular complexity index is 796. The monoisotopic (exact) mass is 293 g/mol. The summed E-state index contributed by atoms with van der Waals surface area (Å²) in [4.78, 5) is 12.7. The molecule has 5 nitrogen and oxygen atoms in total. The summed E-state index contributed by atoms with van der Waals surface area (Å²) in [5.74, 6) is 0.507. The van der Waals surface area contributed by atoms with Gasteiger partial charge in [-0.05, 0) is 42.5 Å². The third-order valence-electron chi connectivity index (χ3n) is 3.75. The molecule has 0 amide bonds. The SMILES string of the molecule is CCc1ccc(CCc2ccc3nc(N)nc(N)c3n2)cc1. The molecule has 0 bridgehead atoms. The predicted octanol–water partition coefficient (Wildman–Crippen LogP) is 2.54. The van der Waals surface area contributed by atoms with Gasteiger partial charge in [0.15, 0.2) is 5.82 Å². The van der Waals surface area contributed by atoms with Crippen LogP contribution in [0.15, 0.2) is 36.4 Å². The highest BCUT2D eigenvalue weighted by Gasteiger charge is 2.06. The maximum atomic E-state index is 5.87. The first-order chi connectivity index (χ1) is 10.7. The molecule has 0 spiro atoms. The largest absolute Gasteiger partial charge is 0.382 e. The number of aryl methyl sites for hydroxylation is 3. The van der Waals surface area contributed by atoms with Crippen LogP contribution in [0.4, 0.5) is 11.8 Å². The third kappa shape index (κ3) is 2.98. The zero-order valence-electron chi connectivity index (χ0n) is 12.6. The number of pyridine rings is 1. The van der Waals surface area contributed by atoms with Crippen LogP contribution in [0, 0.1) is 0 Å². The molecule has 0 saturated heterocycles. The number of fused-ring (bicyclic) bond motifs is 1. The number of nitrogens with zero attached hydrogens (tertiary/aromatic N) is 3. The molecule has 0 aliphatic heterocycles. The van der Waals surface area contributed by atoms with Gasteiger partial charge in [-0.3, -0.25) is 0 Å². The third-order valence-corrected chi connectivity index (χ3v) is 3.75. The molecular formula is C17H19N5. The zero-order valence-corrected chi connectivity index (χ0v) is 12.6. The van der Waals surface area contributed by atoms with Crippen molar-refractivity contribution >= 4 is 22.8 Å². The maximum absolute atomic E-state index is 5.87. The zero-order chi connectivity index (χ0) is 15.5. The molecule has 0 radical (unpaired) electrons. The average molecular weight is 293 g/mol. The lowest BCUT2D eigenvalue weighted by Gasteiger charge is -2.06. The van der Waals surface area contributed by atoms with E-state index in [-0.39, 0.29) is 5.95 Å². The van der Waals surface area contributed by atoms with Gasteiger partial charge in [-0.25, -0.2) is 9.97 Å². The van der Waals surface area contributed by atoms with E-state index in [1.54, 1.807) is 0 Å². The molecule has 3 aromatic rings. The summed E-state index contributed by atoms with van der Waals surface area (Å²) in [5.41, 5.74) is 16.4. The fraction of sp³-hybridized carbons (Fsp3) is 0.235. The number of benzene rings is 1. The Labute approximate surface area is 129 Å². The summed E-state index contributed by atoms with van der Waals surface area (Å²) < 4.78 is 0. The van der Waals surface area contributed by atoms with E-state index >= 15 is 0 Å². The van der Waals surface area contributed by atoms with Gasteiger partial charge in [0.1, 0.15) is 5.52 Å². The highest BCUT2D eigenvalue weighted by molar-refractivity contribution is 5.84. The molecule has 0 saturated carbocycles. The number of hydrogen-bond acceptors (Lipinski definition) is 5. The summed E-state index contributed by atoms with van der Waals surface area (Å²) in [6.45, 7) is 2.16. The molecule has 0 atom stereocenters. The molecule has 112 valence electrons. The second-order valence-corrected chi connectivity index (χ2v) is 5.31. The molecule has 2 heterocycles. The Morgan fingerprint density at radius 1 is 0.818 bits per heavy atom. The van der Waals surface area contributed by atoms with Crippen LogP contribution in [0.2, 0.25) is 0 Å². The predicted molar refractivity (Wildman–Crippen MR) is 89.4 cm³/mol. The van der Waals surface area contributed by atoms with Gasteiger partial charge in [0, 0.05) is 5.69 Å². The van der Waals surface area contributed by atoms with E-state index in [2.05, 4.69) is 46.1 Å². The van der Waals surface area contributed by atoms with Gasteiger partial charge in [-0.15, -0.1) is 0 Å². The number of anilines is 2. The van der Waals surface area contributed by atoms with E-state index in [4.69, 9.17) is 11.5 Å². The van der Waals surface area contributed by atoms with Gasteiger partial charge in [0.25, 0.3) is 0 Å². The van der Waals surface area contributed by atoms with Crippen molar-refractivity contribution in [3.63, 3.8) is 0 Å². The lowest BCUT2D eigenvalue weighted by atomic mass is 10.0. The summed E-state index contributed by atoms with van der Waals surface area (Å²) >= 11 is 0. The lowest BCUT2D eigenvalue weighted by molar-refractivity contribution is 0.919. The highest BCUT2D eigenvalue weighted by atomic mass is 15.0. The Morgan fingerprint density at radius 3 is 2.27 bits per heavy atom. The van der Waals surface area contributed by atoms with E-state index in [9.17, 15) is 0 Å². The molecule has 3 rings (SSSR count). The molecule has 0 aliphatic carbocycles. The molecule has 1 aromatic carbocycles. The van der Waals surface area contributed by atoms with Gasteiger partial charge >= 0.3 is 0 Å². The first-order valence-corrected chi connectivity index (χ1v) is 7.42. The van der Waals surface area contributed by atoms with Gasteiger partial charge in [0.2, 0.25) is 5.95 Å². The summed E-state index contributed by atoms with van der Waals surface area (Å²) in [7, 11) is 0. The van der Waals surface area contributed by atoms with Crippen molar-refractivity contribution in [3.8, 4) is 0 Å². The summed E-state index contributed by atoms with van der Waals surface area (Å²) in [6, 6.07) is 12.6. The molecule has 22 heavy (non-hydrogen) atoms. The maximum Gasteiger partial charge on any atom is 0.222 e. The Kier molecular flexibility index (Phi) is 3.87. The van der Waals surface area contributed by atoms with Crippen LogP contribution in [0.3, 0.4) is 0 Å². The van der Waals surface area contributed by atoms with Crippen molar-refractivity contribution in [2.24, 2.45) is 0 Å². The van der Waals surface area contributed by atoms with Crippen molar-refractivity contribution in [1.82, 2.24) is 15.0 Å². The summed E-state index contributed by atoms with van der Waals surface area (Å²) in [5, 5.41) is 0. The second kappa shape index (κ2) is 5.97. The molecule has 2 aromatic heterocycles. The van der Waals surface area contributed by atoms with Gasteiger partial charge < -0.3 is 11.5 Å². The van der Waals surface area contributed by atoms with Gasteiger partial charge in [0.05, 0.1) is 5.52 Å². The van der Waals surface area contributed by atoms with E-state index in [0.717, 1.165) is 25.0 Å². The first kappa shape index (κ1) is 14.3. The number of aromatic nitrogens is 3. The van der Waals surface area contributed by atoms with E-state index in [1.807, 2.05) is 12.1 Å². The normalized spacial score (nSPS) is 11.0. The smallest absolute Gasteiger partial charge is 0.222 e. The van der Waals surface area contributed by atoms with Crippen LogP contribution in [0.1, 0.15) is 23.7 Å². The molecule has 5 heteroatoms. The topological polar surface area (TPSA) is 90.7 Å². The minimum Gasteiger partial charge on any atom is -0.382 e. The van der Waals surface area contributed by atoms with Crippen LogP contribution in [0.5, 0.6) is 0 Å². The highest BCUT2D eigenvalue weighted by Crippen LogP contribution is 2.17. The Balaban J connectivity index is 1.78. The van der Waals surface area contributed by atoms with Crippen LogP contribution >= 0.6 is 0 Å². The van der Waals surface area contributed by atoms with Crippen molar-refractivity contribution in [2.75, 3.05) is 11.5 Å². The summed E-state index contributed by atoms with van der Waals surface area (Å²) in [6.07, 6.45) is 2.86. The standard InChI is InChI=1S/C17H19N5/c1-2-11-3-5-12(6-4-11)7-8-13-9-10-14-15(20-13)16(18)22-17(19)21-14/h3-6,9-10H,2,7-8H2,1H3,(H4,18,19,21,22). The van der Waals surface area contributed by atoms with Gasteiger partial charge in [-0.2, -0.15) is 4.98 Å². The second-order valence-electron chi connectivity index (χ2n) is 5.31. The minimum absolute atomic E-state index is 0.176. The number of nitrogens with two attached hydrogens (primary N) is 2. The molecular weight excluding hydrogens is 274 g/mol. The Hall–Kier alpha value is -2.69. The van der Waals surface area contributed by atoms with Crippen molar-refractivity contribution < 1.29 is 0 Å². The number of rotatable bonds is 4. The van der Waals surface area contributed by atoms with E-state index < -0.39 is 0 Å². The van der Waals surface area contributed by atoms with E-state index in [0.29, 0.717) is 16.9 Å². The fourth-order valence-electron chi connectivity index (χ4n) is 2.45. The number of nitrogen functional groups attached to an aromatic ring is 2. The number of hydrogen-bond donors (Lipinski definition) is 2. The van der Waals surface area contributed by atoms with Gasteiger partial charge in [-0.1, -0.05) is 31.2 Å². The van der Waals surface area contributed by atoms with Crippen molar-refractivity contribution in [1.29, 1.82) is 0 Å². The van der Waals surface area contributed by atoms with Crippen LogP contribution in [0.25, 0.3) is 11.0 Å². The quantitative estimate of drug-likeness (QED) is 0.771. The molecule has 0 aliphatic rings. The first-order valence-electron chi connectivity index (χ1n) is 7.42. The minimum atomic E-state index is 0.176.